The van der Waals surface area contributed by atoms with Gasteiger partial charge >= 0.3 is 0 Å². The number of rotatable bonds is 8. The molecular weight excluding hydrogens is 271 g/mol. The maximum absolute atomic E-state index is 13.3. The second kappa shape index (κ2) is 8.56. The third-order valence-corrected chi connectivity index (χ3v) is 3.30. The van der Waals surface area contributed by atoms with Crippen molar-refractivity contribution in [2.75, 3.05) is 32.0 Å². The van der Waals surface area contributed by atoms with E-state index in [0.29, 0.717) is 24.9 Å². The first kappa shape index (κ1) is 17.4. The molecule has 0 spiro atoms. The minimum atomic E-state index is -0.513. The molecule has 1 aromatic rings. The molecule has 21 heavy (non-hydrogen) atoms. The van der Waals surface area contributed by atoms with Crippen LogP contribution in [0.25, 0.3) is 0 Å². The molecule has 0 saturated carbocycles. The van der Waals surface area contributed by atoms with Crippen LogP contribution in [0.4, 0.5) is 10.2 Å². The van der Waals surface area contributed by atoms with E-state index in [2.05, 4.69) is 34.4 Å². The fourth-order valence-corrected chi connectivity index (χ4v) is 1.80. The predicted octanol–water partition coefficient (Wildman–Crippen LogP) is 2.11. The van der Waals surface area contributed by atoms with E-state index in [1.165, 1.54) is 6.07 Å². The minimum absolute atomic E-state index is 0.245. The van der Waals surface area contributed by atoms with Crippen LogP contribution in [0.15, 0.2) is 12.3 Å². The fourth-order valence-electron chi connectivity index (χ4n) is 1.80. The highest BCUT2D eigenvalue weighted by Crippen LogP contribution is 2.13. The lowest BCUT2D eigenvalue weighted by molar-refractivity contribution is 0.0951. The number of pyridine rings is 1. The molecule has 5 nitrogen and oxygen atoms in total. The first-order chi connectivity index (χ1) is 9.95. The first-order valence-corrected chi connectivity index (χ1v) is 7.33. The zero-order valence-electron chi connectivity index (χ0n) is 13.2. The summed E-state index contributed by atoms with van der Waals surface area (Å²) in [5.74, 6) is -0.401. The summed E-state index contributed by atoms with van der Waals surface area (Å²) in [4.78, 5) is 18.2. The Hall–Kier alpha value is -1.69. The van der Waals surface area contributed by atoms with Crippen molar-refractivity contribution >= 4 is 11.7 Å². The Bertz CT molecular complexity index is 465. The molecule has 1 amide bonds. The highest BCUT2D eigenvalue weighted by Gasteiger charge is 2.13. The molecule has 2 N–H and O–H groups in total. The quantitative estimate of drug-likeness (QED) is 0.721. The van der Waals surface area contributed by atoms with Gasteiger partial charge in [0.2, 0.25) is 0 Å². The van der Waals surface area contributed by atoms with Crippen LogP contribution in [-0.4, -0.2) is 48.5 Å². The van der Waals surface area contributed by atoms with Crippen LogP contribution in [0, 0.1) is 5.82 Å². The van der Waals surface area contributed by atoms with Gasteiger partial charge in [0, 0.05) is 19.1 Å². The number of carbonyl (C=O) groups excluding carboxylic acids is 1. The lowest BCUT2D eigenvalue weighted by Gasteiger charge is -2.20. The topological polar surface area (TPSA) is 57.3 Å². The maximum atomic E-state index is 13.3. The molecule has 1 heterocycles. The van der Waals surface area contributed by atoms with E-state index in [-0.39, 0.29) is 11.5 Å². The van der Waals surface area contributed by atoms with Crippen molar-refractivity contribution in [3.8, 4) is 0 Å². The standard InChI is InChI=1S/C15H25FN4O/c1-5-17-14-13(9-12(16)10-19-14)15(21)18-7-6-8-20(4)11(2)3/h9-11H,5-8H2,1-4H3,(H,17,19)(H,18,21). The number of anilines is 1. The van der Waals surface area contributed by atoms with E-state index >= 15 is 0 Å². The Morgan fingerprint density at radius 2 is 2.19 bits per heavy atom. The smallest absolute Gasteiger partial charge is 0.255 e. The Morgan fingerprint density at radius 1 is 1.48 bits per heavy atom. The number of carbonyl (C=O) groups is 1. The van der Waals surface area contributed by atoms with Gasteiger partial charge < -0.3 is 15.5 Å². The van der Waals surface area contributed by atoms with E-state index in [4.69, 9.17) is 0 Å². The summed E-state index contributed by atoms with van der Waals surface area (Å²) >= 11 is 0. The molecule has 0 saturated heterocycles. The average molecular weight is 296 g/mol. The lowest BCUT2D eigenvalue weighted by atomic mass is 10.2. The molecule has 0 aliphatic rings. The number of nitrogens with one attached hydrogen (secondary N) is 2. The number of hydrogen-bond acceptors (Lipinski definition) is 4. The minimum Gasteiger partial charge on any atom is -0.370 e. The zero-order chi connectivity index (χ0) is 15.8. The van der Waals surface area contributed by atoms with Crippen LogP contribution in [0.1, 0.15) is 37.6 Å². The van der Waals surface area contributed by atoms with Crippen molar-refractivity contribution in [2.45, 2.75) is 33.2 Å². The summed E-state index contributed by atoms with van der Waals surface area (Å²) in [6, 6.07) is 1.69. The summed E-state index contributed by atoms with van der Waals surface area (Å²) in [6.45, 7) is 8.23. The van der Waals surface area contributed by atoms with Gasteiger partial charge in [-0.25, -0.2) is 9.37 Å². The normalized spacial score (nSPS) is 11.0. The van der Waals surface area contributed by atoms with Crippen molar-refractivity contribution in [3.63, 3.8) is 0 Å². The molecule has 1 aromatic heterocycles. The van der Waals surface area contributed by atoms with Gasteiger partial charge in [-0.3, -0.25) is 4.79 Å². The number of aromatic nitrogens is 1. The largest absolute Gasteiger partial charge is 0.370 e. The Kier molecular flexibility index (Phi) is 7.08. The third-order valence-electron chi connectivity index (χ3n) is 3.30. The van der Waals surface area contributed by atoms with E-state index in [1.54, 1.807) is 0 Å². The van der Waals surface area contributed by atoms with Crippen LogP contribution in [0.2, 0.25) is 0 Å². The van der Waals surface area contributed by atoms with Crippen molar-refractivity contribution in [2.24, 2.45) is 0 Å². The Morgan fingerprint density at radius 3 is 2.81 bits per heavy atom. The van der Waals surface area contributed by atoms with Crippen molar-refractivity contribution < 1.29 is 9.18 Å². The van der Waals surface area contributed by atoms with Crippen LogP contribution >= 0.6 is 0 Å². The first-order valence-electron chi connectivity index (χ1n) is 7.33. The number of hydrogen-bond donors (Lipinski definition) is 2. The molecule has 0 unspecified atom stereocenters. The second-order valence-electron chi connectivity index (χ2n) is 5.26. The van der Waals surface area contributed by atoms with Crippen molar-refractivity contribution in [1.82, 2.24) is 15.2 Å². The van der Waals surface area contributed by atoms with Crippen LogP contribution in [0.5, 0.6) is 0 Å². The van der Waals surface area contributed by atoms with Gasteiger partial charge in [0.15, 0.2) is 0 Å². The van der Waals surface area contributed by atoms with Gasteiger partial charge in [-0.1, -0.05) is 0 Å². The van der Waals surface area contributed by atoms with Gasteiger partial charge in [-0.05, 0) is 46.9 Å². The number of amides is 1. The monoisotopic (exact) mass is 296 g/mol. The Balaban J connectivity index is 2.53. The average Bonchev–Trinajstić information content (AvgIpc) is 2.45. The van der Waals surface area contributed by atoms with Crippen LogP contribution in [-0.2, 0) is 0 Å². The highest BCUT2D eigenvalue weighted by atomic mass is 19.1. The molecule has 0 bridgehead atoms. The third kappa shape index (κ3) is 5.67. The van der Waals surface area contributed by atoms with E-state index in [0.717, 1.165) is 19.2 Å². The van der Waals surface area contributed by atoms with Crippen molar-refractivity contribution in [3.05, 3.63) is 23.6 Å². The van der Waals surface area contributed by atoms with Gasteiger partial charge in [0.05, 0.1) is 11.8 Å². The summed E-state index contributed by atoms with van der Waals surface area (Å²) in [7, 11) is 2.05. The SMILES string of the molecule is CCNc1ncc(F)cc1C(=O)NCCCN(C)C(C)C. The van der Waals surface area contributed by atoms with Crippen molar-refractivity contribution in [1.29, 1.82) is 0 Å². The summed E-state index contributed by atoms with van der Waals surface area (Å²) in [5, 5.41) is 5.77. The highest BCUT2D eigenvalue weighted by molar-refractivity contribution is 5.98. The van der Waals surface area contributed by atoms with Gasteiger partial charge in [0.1, 0.15) is 11.6 Å². The maximum Gasteiger partial charge on any atom is 0.255 e. The molecule has 118 valence electrons. The van der Waals surface area contributed by atoms with Crippen LogP contribution in [0.3, 0.4) is 0 Å². The lowest BCUT2D eigenvalue weighted by Crippen LogP contribution is -2.31. The van der Waals surface area contributed by atoms with E-state index < -0.39 is 5.82 Å². The predicted molar refractivity (Wildman–Crippen MR) is 83.1 cm³/mol. The molecule has 0 aliphatic carbocycles. The molecule has 1 rings (SSSR count). The molecular formula is C15H25FN4O. The molecule has 0 atom stereocenters. The van der Waals surface area contributed by atoms with Crippen LogP contribution < -0.4 is 10.6 Å². The number of nitrogens with zero attached hydrogens (tertiary/aromatic N) is 2. The molecule has 6 heteroatoms. The fraction of sp³-hybridized carbons (Fsp3) is 0.600. The zero-order valence-corrected chi connectivity index (χ0v) is 13.2. The molecule has 0 fully saturated rings. The van der Waals surface area contributed by atoms with Gasteiger partial charge in [-0.15, -0.1) is 0 Å². The summed E-state index contributed by atoms with van der Waals surface area (Å²) < 4.78 is 13.3. The van der Waals surface area contributed by atoms with Gasteiger partial charge in [-0.2, -0.15) is 0 Å². The van der Waals surface area contributed by atoms with E-state index in [1.807, 2.05) is 14.0 Å². The molecule has 0 radical (unpaired) electrons. The number of halogens is 1. The summed E-state index contributed by atoms with van der Waals surface area (Å²) in [5.41, 5.74) is 0.245. The molecule has 0 aliphatic heterocycles. The summed E-state index contributed by atoms with van der Waals surface area (Å²) in [6.07, 6.45) is 1.95. The molecule has 0 aromatic carbocycles. The Labute approximate surface area is 125 Å². The van der Waals surface area contributed by atoms with E-state index in [9.17, 15) is 9.18 Å². The van der Waals surface area contributed by atoms with Gasteiger partial charge in [0.25, 0.3) is 5.91 Å². The second-order valence-corrected chi connectivity index (χ2v) is 5.26.